The number of carbonyl (C=O) groups is 1. The van der Waals surface area contributed by atoms with E-state index in [9.17, 15) is 13.2 Å². The zero-order chi connectivity index (χ0) is 16.5. The van der Waals surface area contributed by atoms with E-state index >= 15 is 0 Å². The average Bonchev–Trinajstić information content (AvgIpc) is 2.47. The minimum absolute atomic E-state index is 0.0357. The standard InChI is InChI=1S/C14H11Cl2NO4S/c1-17(10-4-7-13(16)12(8-10)14(18)19)22(20,21)11-5-2-9(15)3-6-11/h2-8H,1H3,(H,18,19). The van der Waals surface area contributed by atoms with Gasteiger partial charge in [-0.2, -0.15) is 0 Å². The van der Waals surface area contributed by atoms with Gasteiger partial charge in [0.2, 0.25) is 0 Å². The number of hydrogen-bond acceptors (Lipinski definition) is 3. The highest BCUT2D eigenvalue weighted by Crippen LogP contribution is 2.27. The van der Waals surface area contributed by atoms with Crippen molar-refractivity contribution in [2.45, 2.75) is 4.90 Å². The van der Waals surface area contributed by atoms with Gasteiger partial charge in [0.25, 0.3) is 10.0 Å². The van der Waals surface area contributed by atoms with Gasteiger partial charge in [-0.25, -0.2) is 13.2 Å². The van der Waals surface area contributed by atoms with Crippen LogP contribution < -0.4 is 4.31 Å². The summed E-state index contributed by atoms with van der Waals surface area (Å²) in [7, 11) is -2.49. The first-order valence-electron chi connectivity index (χ1n) is 6.01. The molecular formula is C14H11Cl2NO4S. The molecule has 0 saturated heterocycles. The average molecular weight is 360 g/mol. The summed E-state index contributed by atoms with van der Waals surface area (Å²) < 4.78 is 26.0. The third-order valence-corrected chi connectivity index (χ3v) is 5.40. The molecule has 0 atom stereocenters. The normalized spacial score (nSPS) is 11.2. The van der Waals surface area contributed by atoms with E-state index in [4.69, 9.17) is 28.3 Å². The Bertz CT molecular complexity index is 819. The summed E-state index contributed by atoms with van der Waals surface area (Å²) in [6.07, 6.45) is 0. The lowest BCUT2D eigenvalue weighted by atomic mass is 10.2. The number of rotatable bonds is 4. The smallest absolute Gasteiger partial charge is 0.337 e. The van der Waals surface area contributed by atoms with Crippen LogP contribution in [0.25, 0.3) is 0 Å². The van der Waals surface area contributed by atoms with Crippen molar-refractivity contribution in [3.05, 3.63) is 58.1 Å². The van der Waals surface area contributed by atoms with Crippen LogP contribution in [0.3, 0.4) is 0 Å². The fraction of sp³-hybridized carbons (Fsp3) is 0.0714. The Kier molecular flexibility index (Phi) is 4.65. The highest BCUT2D eigenvalue weighted by atomic mass is 35.5. The summed E-state index contributed by atoms with van der Waals surface area (Å²) in [5.41, 5.74) is 0.0223. The predicted molar refractivity (Wildman–Crippen MR) is 85.5 cm³/mol. The maximum Gasteiger partial charge on any atom is 0.337 e. The van der Waals surface area contributed by atoms with Crippen molar-refractivity contribution in [1.29, 1.82) is 0 Å². The van der Waals surface area contributed by atoms with E-state index < -0.39 is 16.0 Å². The van der Waals surface area contributed by atoms with Gasteiger partial charge in [0.05, 0.1) is 21.2 Å². The lowest BCUT2D eigenvalue weighted by Crippen LogP contribution is -2.26. The first-order valence-corrected chi connectivity index (χ1v) is 8.20. The Morgan fingerprint density at radius 1 is 1.09 bits per heavy atom. The van der Waals surface area contributed by atoms with Crippen LogP contribution in [-0.2, 0) is 10.0 Å². The molecule has 0 aromatic heterocycles. The molecular weight excluding hydrogens is 349 g/mol. The van der Waals surface area contributed by atoms with Gasteiger partial charge < -0.3 is 5.11 Å². The van der Waals surface area contributed by atoms with Crippen LogP contribution >= 0.6 is 23.2 Å². The van der Waals surface area contributed by atoms with Crippen molar-refractivity contribution in [3.8, 4) is 0 Å². The van der Waals surface area contributed by atoms with Crippen LogP contribution in [0.1, 0.15) is 10.4 Å². The first kappa shape index (κ1) is 16.6. The molecule has 0 amide bonds. The van der Waals surface area contributed by atoms with E-state index in [-0.39, 0.29) is 21.2 Å². The topological polar surface area (TPSA) is 74.7 Å². The van der Waals surface area contributed by atoms with Crippen LogP contribution in [0.5, 0.6) is 0 Å². The molecule has 8 heteroatoms. The monoisotopic (exact) mass is 359 g/mol. The fourth-order valence-corrected chi connectivity index (χ4v) is 3.29. The van der Waals surface area contributed by atoms with Gasteiger partial charge in [-0.3, -0.25) is 4.31 Å². The molecule has 2 rings (SSSR count). The van der Waals surface area contributed by atoms with Crippen LogP contribution in [-0.4, -0.2) is 26.5 Å². The van der Waals surface area contributed by atoms with Crippen molar-refractivity contribution in [2.24, 2.45) is 0 Å². The summed E-state index contributed by atoms with van der Waals surface area (Å²) in [4.78, 5) is 11.1. The van der Waals surface area contributed by atoms with E-state index in [0.717, 1.165) is 4.31 Å². The van der Waals surface area contributed by atoms with E-state index in [2.05, 4.69) is 0 Å². The highest BCUT2D eigenvalue weighted by Gasteiger charge is 2.22. The van der Waals surface area contributed by atoms with Crippen molar-refractivity contribution in [3.63, 3.8) is 0 Å². The van der Waals surface area contributed by atoms with Crippen LogP contribution in [0.4, 0.5) is 5.69 Å². The number of nitrogens with zero attached hydrogens (tertiary/aromatic N) is 1. The number of sulfonamides is 1. The molecule has 5 nitrogen and oxygen atoms in total. The molecule has 0 unspecified atom stereocenters. The van der Waals surface area contributed by atoms with Gasteiger partial charge in [0.1, 0.15) is 0 Å². The number of carboxylic acid groups (broad SMARTS) is 1. The highest BCUT2D eigenvalue weighted by molar-refractivity contribution is 7.92. The molecule has 0 heterocycles. The van der Waals surface area contributed by atoms with Gasteiger partial charge >= 0.3 is 5.97 Å². The maximum absolute atomic E-state index is 12.5. The summed E-state index contributed by atoms with van der Waals surface area (Å²) in [5.74, 6) is -1.23. The Hall–Kier alpha value is -1.76. The van der Waals surface area contributed by atoms with Crippen molar-refractivity contribution >= 4 is 44.9 Å². The van der Waals surface area contributed by atoms with E-state index in [1.54, 1.807) is 0 Å². The third kappa shape index (κ3) is 3.19. The fourth-order valence-electron chi connectivity index (χ4n) is 1.78. The molecule has 0 aliphatic heterocycles. The van der Waals surface area contributed by atoms with Gasteiger partial charge in [0, 0.05) is 12.1 Å². The molecule has 0 bridgehead atoms. The first-order chi connectivity index (χ1) is 10.2. The van der Waals surface area contributed by atoms with Gasteiger partial charge in [-0.15, -0.1) is 0 Å². The molecule has 0 saturated carbocycles. The third-order valence-electron chi connectivity index (χ3n) is 3.02. The molecule has 2 aromatic carbocycles. The zero-order valence-corrected chi connectivity index (χ0v) is 13.7. The second-order valence-corrected chi connectivity index (χ2v) is 7.21. The van der Waals surface area contributed by atoms with Crippen molar-refractivity contribution in [2.75, 3.05) is 11.4 Å². The minimum Gasteiger partial charge on any atom is -0.478 e. The number of anilines is 1. The summed E-state index contributed by atoms with van der Waals surface area (Å²) >= 11 is 11.5. The summed E-state index contributed by atoms with van der Waals surface area (Å²) in [6, 6.07) is 9.67. The molecule has 116 valence electrons. The number of carboxylic acids is 1. The number of halogens is 2. The van der Waals surface area contributed by atoms with E-state index in [0.29, 0.717) is 5.02 Å². The lowest BCUT2D eigenvalue weighted by Gasteiger charge is -2.20. The number of benzene rings is 2. The van der Waals surface area contributed by atoms with E-state index in [1.807, 2.05) is 0 Å². The minimum atomic E-state index is -3.83. The molecule has 1 N–H and O–H groups in total. The zero-order valence-electron chi connectivity index (χ0n) is 11.3. The number of hydrogen-bond donors (Lipinski definition) is 1. The molecule has 0 aliphatic rings. The molecule has 2 aromatic rings. The molecule has 0 spiro atoms. The second-order valence-electron chi connectivity index (χ2n) is 4.40. The van der Waals surface area contributed by atoms with Crippen LogP contribution in [0, 0.1) is 0 Å². The van der Waals surface area contributed by atoms with Crippen LogP contribution in [0.2, 0.25) is 10.0 Å². The van der Waals surface area contributed by atoms with Gasteiger partial charge in [-0.1, -0.05) is 23.2 Å². The predicted octanol–water partition coefficient (Wildman–Crippen LogP) is 3.52. The molecule has 0 radical (unpaired) electrons. The molecule has 0 aliphatic carbocycles. The van der Waals surface area contributed by atoms with Gasteiger partial charge in [0.15, 0.2) is 0 Å². The quantitative estimate of drug-likeness (QED) is 0.905. The van der Waals surface area contributed by atoms with Gasteiger partial charge in [-0.05, 0) is 42.5 Å². The largest absolute Gasteiger partial charge is 0.478 e. The Labute approximate surface area is 137 Å². The Morgan fingerprint density at radius 3 is 2.23 bits per heavy atom. The summed E-state index contributed by atoms with van der Waals surface area (Å²) in [6.45, 7) is 0. The SMILES string of the molecule is CN(c1ccc(Cl)c(C(=O)O)c1)S(=O)(=O)c1ccc(Cl)cc1. The Morgan fingerprint density at radius 2 is 1.68 bits per heavy atom. The number of aromatic carboxylic acids is 1. The van der Waals surface area contributed by atoms with Crippen molar-refractivity contribution in [1.82, 2.24) is 0 Å². The van der Waals surface area contributed by atoms with E-state index in [1.165, 1.54) is 49.5 Å². The Balaban J connectivity index is 2.46. The maximum atomic E-state index is 12.5. The summed E-state index contributed by atoms with van der Waals surface area (Å²) in [5, 5.41) is 9.51. The molecule has 22 heavy (non-hydrogen) atoms. The second kappa shape index (κ2) is 6.16. The van der Waals surface area contributed by atoms with Crippen molar-refractivity contribution < 1.29 is 18.3 Å². The lowest BCUT2D eigenvalue weighted by molar-refractivity contribution is 0.0697. The molecule has 0 fully saturated rings. The van der Waals surface area contributed by atoms with Crippen LogP contribution in [0.15, 0.2) is 47.4 Å².